The summed E-state index contributed by atoms with van der Waals surface area (Å²) in [5.74, 6) is 0.897. The molecule has 0 radical (unpaired) electrons. The van der Waals surface area contributed by atoms with E-state index in [9.17, 15) is 0 Å². The van der Waals surface area contributed by atoms with Gasteiger partial charge in [0.2, 0.25) is 0 Å². The number of nitrogens with one attached hydrogen (secondary N) is 1. The summed E-state index contributed by atoms with van der Waals surface area (Å²) >= 11 is 0. The van der Waals surface area contributed by atoms with Crippen molar-refractivity contribution in [2.24, 2.45) is 0 Å². The maximum atomic E-state index is 5.40. The summed E-state index contributed by atoms with van der Waals surface area (Å²) in [6.07, 6.45) is 3.41. The van der Waals surface area contributed by atoms with Crippen molar-refractivity contribution in [2.45, 2.75) is 13.5 Å². The third-order valence-electron chi connectivity index (χ3n) is 3.39. The maximum Gasteiger partial charge on any atom is 0.123 e. The number of methoxy groups -OCH3 is 1. The molecule has 3 rings (SSSR count). The van der Waals surface area contributed by atoms with E-state index >= 15 is 0 Å². The number of nitrogens with zero attached hydrogens (tertiary/aromatic N) is 2. The van der Waals surface area contributed by atoms with Crippen LogP contribution < -0.4 is 10.1 Å². The van der Waals surface area contributed by atoms with Crippen LogP contribution in [0.25, 0.3) is 11.0 Å². The van der Waals surface area contributed by atoms with E-state index in [0.717, 1.165) is 28.0 Å². The van der Waals surface area contributed by atoms with Crippen molar-refractivity contribution in [3.05, 3.63) is 59.9 Å². The van der Waals surface area contributed by atoms with Crippen molar-refractivity contribution in [1.82, 2.24) is 9.97 Å². The predicted octanol–water partition coefficient (Wildman–Crippen LogP) is 3.56. The summed E-state index contributed by atoms with van der Waals surface area (Å²) in [4.78, 5) is 8.59. The highest BCUT2D eigenvalue weighted by Gasteiger charge is 2.04. The number of hydrogen-bond acceptors (Lipinski definition) is 4. The van der Waals surface area contributed by atoms with Crippen molar-refractivity contribution in [3.8, 4) is 5.75 Å². The number of aryl methyl sites for hydroxylation is 1. The molecule has 0 unspecified atom stereocenters. The smallest absolute Gasteiger partial charge is 0.123 e. The van der Waals surface area contributed by atoms with E-state index in [4.69, 9.17) is 4.74 Å². The van der Waals surface area contributed by atoms with Crippen molar-refractivity contribution in [2.75, 3.05) is 12.4 Å². The summed E-state index contributed by atoms with van der Waals surface area (Å²) < 4.78 is 5.40. The molecular formula is C17H17N3O. The molecular weight excluding hydrogens is 262 g/mol. The summed E-state index contributed by atoms with van der Waals surface area (Å²) in [6, 6.07) is 12.2. The minimum absolute atomic E-state index is 0.705. The second-order valence-corrected chi connectivity index (χ2v) is 4.93. The fourth-order valence-electron chi connectivity index (χ4n) is 2.32. The molecule has 21 heavy (non-hydrogen) atoms. The molecule has 0 bridgehead atoms. The van der Waals surface area contributed by atoms with E-state index in [1.807, 2.05) is 30.3 Å². The highest BCUT2D eigenvalue weighted by Crippen LogP contribution is 2.22. The van der Waals surface area contributed by atoms with Gasteiger partial charge in [-0.3, -0.25) is 9.97 Å². The van der Waals surface area contributed by atoms with Crippen LogP contribution >= 0.6 is 0 Å². The number of benzene rings is 2. The average molecular weight is 279 g/mol. The number of fused-ring (bicyclic) bond motifs is 1. The Morgan fingerprint density at radius 3 is 2.62 bits per heavy atom. The molecule has 0 aliphatic rings. The lowest BCUT2D eigenvalue weighted by molar-refractivity contribution is 0.410. The molecule has 0 saturated carbocycles. The Morgan fingerprint density at radius 2 is 1.81 bits per heavy atom. The first-order chi connectivity index (χ1) is 10.3. The van der Waals surface area contributed by atoms with E-state index < -0.39 is 0 Å². The van der Waals surface area contributed by atoms with Crippen LogP contribution in [-0.2, 0) is 6.54 Å². The summed E-state index contributed by atoms with van der Waals surface area (Å²) in [5, 5.41) is 3.41. The van der Waals surface area contributed by atoms with Crippen molar-refractivity contribution in [3.63, 3.8) is 0 Å². The highest BCUT2D eigenvalue weighted by molar-refractivity contribution is 5.78. The SMILES string of the molecule is COc1ccc(C)cc1CNc1ccc2nccnc2c1. The Morgan fingerprint density at radius 1 is 1.00 bits per heavy atom. The van der Waals surface area contributed by atoms with Crippen LogP contribution in [-0.4, -0.2) is 17.1 Å². The van der Waals surface area contributed by atoms with E-state index in [1.165, 1.54) is 5.56 Å². The van der Waals surface area contributed by atoms with Crippen LogP contribution in [0.4, 0.5) is 5.69 Å². The van der Waals surface area contributed by atoms with Crippen molar-refractivity contribution < 1.29 is 4.74 Å². The molecule has 2 aromatic carbocycles. The van der Waals surface area contributed by atoms with Gasteiger partial charge in [0.15, 0.2) is 0 Å². The molecule has 4 nitrogen and oxygen atoms in total. The largest absolute Gasteiger partial charge is 0.496 e. The van der Waals surface area contributed by atoms with Gasteiger partial charge in [0.05, 0.1) is 18.1 Å². The maximum absolute atomic E-state index is 5.40. The first kappa shape index (κ1) is 13.4. The van der Waals surface area contributed by atoms with Gasteiger partial charge < -0.3 is 10.1 Å². The van der Waals surface area contributed by atoms with Crippen LogP contribution in [0.2, 0.25) is 0 Å². The van der Waals surface area contributed by atoms with Gasteiger partial charge in [-0.05, 0) is 31.2 Å². The van der Waals surface area contributed by atoms with E-state index in [0.29, 0.717) is 6.54 Å². The molecule has 106 valence electrons. The Labute approximate surface area is 123 Å². The normalized spacial score (nSPS) is 10.6. The average Bonchev–Trinajstić information content (AvgIpc) is 2.53. The lowest BCUT2D eigenvalue weighted by Crippen LogP contribution is -2.02. The van der Waals surface area contributed by atoms with Crippen LogP contribution in [0.15, 0.2) is 48.8 Å². The van der Waals surface area contributed by atoms with Crippen LogP contribution in [0.5, 0.6) is 5.75 Å². The molecule has 1 heterocycles. The van der Waals surface area contributed by atoms with Crippen LogP contribution in [0.1, 0.15) is 11.1 Å². The summed E-state index contributed by atoms with van der Waals surface area (Å²) in [5.41, 5.74) is 5.16. The van der Waals surface area contributed by atoms with Gasteiger partial charge in [-0.25, -0.2) is 0 Å². The Hall–Kier alpha value is -2.62. The molecule has 0 amide bonds. The van der Waals surface area contributed by atoms with Crippen molar-refractivity contribution >= 4 is 16.7 Å². The molecule has 3 aromatic rings. The van der Waals surface area contributed by atoms with Crippen LogP contribution in [0.3, 0.4) is 0 Å². The standard InChI is InChI=1S/C17H17N3O/c1-12-3-6-17(21-2)13(9-12)11-20-14-4-5-15-16(10-14)19-8-7-18-15/h3-10,20H,11H2,1-2H3. The fraction of sp³-hybridized carbons (Fsp3) is 0.176. The molecule has 1 aromatic heterocycles. The molecule has 0 aliphatic carbocycles. The number of ether oxygens (including phenoxy) is 1. The quantitative estimate of drug-likeness (QED) is 0.793. The van der Waals surface area contributed by atoms with Gasteiger partial charge in [-0.1, -0.05) is 17.7 Å². The zero-order valence-electron chi connectivity index (χ0n) is 12.1. The zero-order valence-corrected chi connectivity index (χ0v) is 12.1. The zero-order chi connectivity index (χ0) is 14.7. The topological polar surface area (TPSA) is 47.0 Å². The number of anilines is 1. The lowest BCUT2D eigenvalue weighted by atomic mass is 10.1. The molecule has 0 fully saturated rings. The van der Waals surface area contributed by atoms with Gasteiger partial charge in [-0.2, -0.15) is 0 Å². The Kier molecular flexibility index (Phi) is 3.69. The second-order valence-electron chi connectivity index (χ2n) is 4.93. The number of hydrogen-bond donors (Lipinski definition) is 1. The molecule has 4 heteroatoms. The van der Waals surface area contributed by atoms with E-state index in [1.54, 1.807) is 19.5 Å². The van der Waals surface area contributed by atoms with E-state index in [-0.39, 0.29) is 0 Å². The number of rotatable bonds is 4. The molecule has 0 spiro atoms. The minimum atomic E-state index is 0.705. The monoisotopic (exact) mass is 279 g/mol. The van der Waals surface area contributed by atoms with Gasteiger partial charge in [-0.15, -0.1) is 0 Å². The first-order valence-corrected chi connectivity index (χ1v) is 6.84. The van der Waals surface area contributed by atoms with Gasteiger partial charge in [0, 0.05) is 30.2 Å². The third-order valence-corrected chi connectivity index (χ3v) is 3.39. The van der Waals surface area contributed by atoms with Crippen molar-refractivity contribution in [1.29, 1.82) is 0 Å². The Bertz CT molecular complexity index is 771. The van der Waals surface area contributed by atoms with Gasteiger partial charge in [0.1, 0.15) is 5.75 Å². The predicted molar refractivity (Wildman–Crippen MR) is 84.6 cm³/mol. The fourth-order valence-corrected chi connectivity index (χ4v) is 2.32. The first-order valence-electron chi connectivity index (χ1n) is 6.84. The Balaban J connectivity index is 1.81. The van der Waals surface area contributed by atoms with Gasteiger partial charge in [0.25, 0.3) is 0 Å². The molecule has 0 atom stereocenters. The minimum Gasteiger partial charge on any atom is -0.496 e. The second kappa shape index (κ2) is 5.79. The summed E-state index contributed by atoms with van der Waals surface area (Å²) in [6.45, 7) is 2.78. The van der Waals surface area contributed by atoms with Gasteiger partial charge >= 0.3 is 0 Å². The molecule has 0 saturated heterocycles. The number of aromatic nitrogens is 2. The molecule has 1 N–H and O–H groups in total. The summed E-state index contributed by atoms with van der Waals surface area (Å²) in [7, 11) is 1.69. The van der Waals surface area contributed by atoms with Crippen LogP contribution in [0, 0.1) is 6.92 Å². The lowest BCUT2D eigenvalue weighted by Gasteiger charge is -2.11. The third kappa shape index (κ3) is 2.94. The van der Waals surface area contributed by atoms with E-state index in [2.05, 4.69) is 28.3 Å². The molecule has 0 aliphatic heterocycles. The highest BCUT2D eigenvalue weighted by atomic mass is 16.5.